The molecule has 0 aliphatic carbocycles. The highest BCUT2D eigenvalue weighted by atomic mass is 16.1. The molecule has 0 fully saturated rings. The quantitative estimate of drug-likeness (QED) is 0.510. The van der Waals surface area contributed by atoms with Gasteiger partial charge in [-0.2, -0.15) is 15.4 Å². The molecule has 0 aliphatic heterocycles. The molecule has 0 saturated carbocycles. The lowest BCUT2D eigenvalue weighted by Gasteiger charge is -2.04. The molecule has 4 aromatic heterocycles. The van der Waals surface area contributed by atoms with Gasteiger partial charge in [0, 0.05) is 11.8 Å². The van der Waals surface area contributed by atoms with Gasteiger partial charge in [0.05, 0.1) is 22.3 Å². The van der Waals surface area contributed by atoms with E-state index in [2.05, 4.69) is 30.8 Å². The number of tetrazole rings is 1. The Kier molecular flexibility index (Phi) is 3.36. The molecule has 1 aromatic carbocycles. The number of rotatable bonds is 3. The van der Waals surface area contributed by atoms with E-state index in [1.54, 1.807) is 10.6 Å². The summed E-state index contributed by atoms with van der Waals surface area (Å²) in [5.41, 5.74) is 3.85. The maximum Gasteiger partial charge on any atom is 0.275 e. The minimum atomic E-state index is -0.391. The molecule has 0 saturated heterocycles. The molecule has 27 heavy (non-hydrogen) atoms. The number of H-pyrrole nitrogens is 2. The third kappa shape index (κ3) is 2.49. The number of nitrogens with one attached hydrogen (secondary N) is 2. The molecule has 9 nitrogen and oxygen atoms in total. The van der Waals surface area contributed by atoms with E-state index in [4.69, 9.17) is 5.10 Å². The Labute approximate surface area is 151 Å². The Morgan fingerprint density at radius 1 is 0.963 bits per heavy atom. The first-order valence-corrected chi connectivity index (χ1v) is 8.18. The average Bonchev–Trinajstić information content (AvgIpc) is 3.37. The molecule has 0 amide bonds. The van der Waals surface area contributed by atoms with Crippen molar-refractivity contribution in [3.05, 3.63) is 71.1 Å². The smallest absolute Gasteiger partial charge is 0.267 e. The molecule has 0 spiro atoms. The molecule has 0 aliphatic rings. The molecule has 2 N–H and O–H groups in total. The van der Waals surface area contributed by atoms with Crippen LogP contribution in [0.3, 0.4) is 0 Å². The summed E-state index contributed by atoms with van der Waals surface area (Å²) in [6.45, 7) is 0. The van der Waals surface area contributed by atoms with Crippen LogP contribution in [0.2, 0.25) is 0 Å². The summed E-state index contributed by atoms with van der Waals surface area (Å²) < 4.78 is 1.79. The molecule has 0 atom stereocenters. The van der Waals surface area contributed by atoms with Gasteiger partial charge in [-0.05, 0) is 23.4 Å². The van der Waals surface area contributed by atoms with Gasteiger partial charge in [-0.25, -0.2) is 9.61 Å². The van der Waals surface area contributed by atoms with E-state index in [1.807, 2.05) is 54.7 Å². The summed E-state index contributed by atoms with van der Waals surface area (Å²) in [6, 6.07) is 17.3. The van der Waals surface area contributed by atoms with Gasteiger partial charge < -0.3 is 0 Å². The highest BCUT2D eigenvalue weighted by Crippen LogP contribution is 2.34. The SMILES string of the molecule is O=c1[nH]nc(-c2c(-c3ccccc3)nn3ccccc23)cc1-c1nn[nH]n1. The van der Waals surface area contributed by atoms with Crippen molar-refractivity contribution in [2.45, 2.75) is 0 Å². The molecule has 5 rings (SSSR count). The van der Waals surface area contributed by atoms with Crippen molar-refractivity contribution in [2.24, 2.45) is 0 Å². The number of nitrogens with zero attached hydrogens (tertiary/aromatic N) is 6. The second-order valence-electron chi connectivity index (χ2n) is 5.85. The van der Waals surface area contributed by atoms with Crippen molar-refractivity contribution in [3.63, 3.8) is 0 Å². The number of hydrogen-bond donors (Lipinski definition) is 2. The molecule has 9 heteroatoms. The Morgan fingerprint density at radius 3 is 2.63 bits per heavy atom. The van der Waals surface area contributed by atoms with Crippen LogP contribution in [0.15, 0.2) is 65.6 Å². The van der Waals surface area contributed by atoms with E-state index < -0.39 is 5.56 Å². The zero-order valence-electron chi connectivity index (χ0n) is 13.9. The number of pyridine rings is 1. The summed E-state index contributed by atoms with van der Waals surface area (Å²) in [6.07, 6.45) is 1.87. The predicted octanol–water partition coefficient (Wildman–Crippen LogP) is 1.93. The number of aromatic nitrogens is 8. The normalized spacial score (nSPS) is 11.1. The Bertz CT molecular complexity index is 1290. The maximum atomic E-state index is 12.2. The summed E-state index contributed by atoms with van der Waals surface area (Å²) in [7, 11) is 0. The average molecular weight is 356 g/mol. The van der Waals surface area contributed by atoms with Crippen LogP contribution >= 0.6 is 0 Å². The third-order valence-electron chi connectivity index (χ3n) is 4.23. The zero-order chi connectivity index (χ0) is 18.2. The van der Waals surface area contributed by atoms with Crippen LogP contribution in [0.5, 0.6) is 0 Å². The first-order valence-electron chi connectivity index (χ1n) is 8.18. The van der Waals surface area contributed by atoms with E-state index in [9.17, 15) is 4.79 Å². The summed E-state index contributed by atoms with van der Waals surface area (Å²) in [5.74, 6) is 0.206. The Hall–Kier alpha value is -4.14. The Balaban J connectivity index is 1.81. The van der Waals surface area contributed by atoms with Gasteiger partial charge in [-0.15, -0.1) is 10.2 Å². The van der Waals surface area contributed by atoms with Gasteiger partial charge in [0.15, 0.2) is 0 Å². The molecular formula is C18H12N8O. The van der Waals surface area contributed by atoms with Gasteiger partial charge in [0.1, 0.15) is 5.69 Å². The fourth-order valence-corrected chi connectivity index (χ4v) is 3.03. The summed E-state index contributed by atoms with van der Waals surface area (Å²) in [5, 5.41) is 25.2. The lowest BCUT2D eigenvalue weighted by molar-refractivity contribution is 0.881. The second kappa shape index (κ2) is 5.99. The van der Waals surface area contributed by atoms with Crippen molar-refractivity contribution in [1.29, 1.82) is 0 Å². The lowest BCUT2D eigenvalue weighted by atomic mass is 10.0. The second-order valence-corrected chi connectivity index (χ2v) is 5.85. The monoisotopic (exact) mass is 356 g/mol. The molecule has 0 unspecified atom stereocenters. The molecule has 0 radical (unpaired) electrons. The minimum absolute atomic E-state index is 0.206. The fourth-order valence-electron chi connectivity index (χ4n) is 3.03. The molecule has 0 bridgehead atoms. The number of hydrogen-bond acceptors (Lipinski definition) is 6. The van der Waals surface area contributed by atoms with Crippen LogP contribution in [0.4, 0.5) is 0 Å². The van der Waals surface area contributed by atoms with Crippen LogP contribution in [0, 0.1) is 0 Å². The predicted molar refractivity (Wildman–Crippen MR) is 97.7 cm³/mol. The van der Waals surface area contributed by atoms with Crippen molar-refractivity contribution >= 4 is 5.52 Å². The molecule has 130 valence electrons. The van der Waals surface area contributed by atoms with Crippen LogP contribution in [-0.2, 0) is 0 Å². The zero-order valence-corrected chi connectivity index (χ0v) is 13.9. The lowest BCUT2D eigenvalue weighted by Crippen LogP contribution is -2.12. The Morgan fingerprint density at radius 2 is 1.81 bits per heavy atom. The maximum absolute atomic E-state index is 12.2. The van der Waals surface area contributed by atoms with E-state index in [0.29, 0.717) is 5.69 Å². The first kappa shape index (κ1) is 15.1. The van der Waals surface area contributed by atoms with Crippen LogP contribution < -0.4 is 5.56 Å². The van der Waals surface area contributed by atoms with Crippen molar-refractivity contribution in [1.82, 2.24) is 40.4 Å². The highest BCUT2D eigenvalue weighted by molar-refractivity contribution is 5.91. The van der Waals surface area contributed by atoms with Crippen LogP contribution in [-0.4, -0.2) is 40.4 Å². The van der Waals surface area contributed by atoms with Crippen molar-refractivity contribution in [3.8, 4) is 33.9 Å². The van der Waals surface area contributed by atoms with E-state index in [0.717, 1.165) is 22.3 Å². The molecule has 5 aromatic rings. The van der Waals surface area contributed by atoms with Crippen molar-refractivity contribution < 1.29 is 0 Å². The molecular weight excluding hydrogens is 344 g/mol. The topological polar surface area (TPSA) is 118 Å². The molecule has 4 heterocycles. The first-order chi connectivity index (χ1) is 13.3. The number of fused-ring (bicyclic) bond motifs is 1. The summed E-state index contributed by atoms with van der Waals surface area (Å²) in [4.78, 5) is 12.2. The van der Waals surface area contributed by atoms with Gasteiger partial charge in [0.2, 0.25) is 5.82 Å². The van der Waals surface area contributed by atoms with Crippen LogP contribution in [0.1, 0.15) is 0 Å². The largest absolute Gasteiger partial charge is 0.275 e. The van der Waals surface area contributed by atoms with Gasteiger partial charge >= 0.3 is 0 Å². The van der Waals surface area contributed by atoms with Gasteiger partial charge in [-0.1, -0.05) is 36.4 Å². The van der Waals surface area contributed by atoms with E-state index in [1.165, 1.54) is 0 Å². The van der Waals surface area contributed by atoms with Gasteiger partial charge in [0.25, 0.3) is 5.56 Å². The standard InChI is InChI=1S/C18H12N8O/c27-18-12(17-20-24-25-21-17)10-13(19-22-18)15-14-8-4-5-9-26(14)23-16(15)11-6-2-1-3-7-11/h1-10H,(H,22,27)(H,20,21,24,25). The van der Waals surface area contributed by atoms with E-state index >= 15 is 0 Å². The van der Waals surface area contributed by atoms with Gasteiger partial charge in [-0.3, -0.25) is 4.79 Å². The highest BCUT2D eigenvalue weighted by Gasteiger charge is 2.19. The van der Waals surface area contributed by atoms with E-state index in [-0.39, 0.29) is 11.4 Å². The number of aromatic amines is 2. The summed E-state index contributed by atoms with van der Waals surface area (Å²) >= 11 is 0. The minimum Gasteiger partial charge on any atom is -0.267 e. The van der Waals surface area contributed by atoms with Crippen LogP contribution in [0.25, 0.3) is 39.4 Å². The fraction of sp³-hybridized carbons (Fsp3) is 0. The third-order valence-corrected chi connectivity index (χ3v) is 4.23. The number of benzene rings is 1. The van der Waals surface area contributed by atoms with Crippen molar-refractivity contribution in [2.75, 3.05) is 0 Å².